The van der Waals surface area contributed by atoms with Crippen LogP contribution < -0.4 is 0 Å². The highest BCUT2D eigenvalue weighted by atomic mass is 19.3. The Bertz CT molecular complexity index is 93.4. The predicted octanol–water partition coefficient (Wildman–Crippen LogP) is 1.91. The Morgan fingerprint density at radius 1 is 1.12 bits per heavy atom. The van der Waals surface area contributed by atoms with E-state index in [9.17, 15) is 8.78 Å². The van der Waals surface area contributed by atoms with E-state index in [1.165, 1.54) is 0 Å². The number of hydrogen-bond acceptors (Lipinski definition) is 0. The van der Waals surface area contributed by atoms with Crippen LogP contribution in [0.1, 0.15) is 13.8 Å². The zero-order valence-corrected chi connectivity index (χ0v) is 4.91. The molecule has 0 rings (SSSR count). The fraction of sp³-hybridized carbons (Fsp3) is 0.667. The summed E-state index contributed by atoms with van der Waals surface area (Å²) in [4.78, 5) is 0. The standard InChI is InChI=1S/C6H8F2/c1-5(2)3-4-6(7)8/h5-6H,1-2H3. The fourth-order valence-electron chi connectivity index (χ4n) is 0.230. The Morgan fingerprint density at radius 2 is 1.62 bits per heavy atom. The monoisotopic (exact) mass is 118 g/mol. The maximum absolute atomic E-state index is 11.2. The van der Waals surface area contributed by atoms with E-state index in [1.54, 1.807) is 19.8 Å². The first-order valence-corrected chi connectivity index (χ1v) is 2.42. The van der Waals surface area contributed by atoms with E-state index in [-0.39, 0.29) is 5.92 Å². The fourth-order valence-corrected chi connectivity index (χ4v) is 0.230. The van der Waals surface area contributed by atoms with Crippen molar-refractivity contribution in [2.24, 2.45) is 5.92 Å². The Kier molecular flexibility index (Phi) is 3.18. The van der Waals surface area contributed by atoms with Crippen LogP contribution in [0.25, 0.3) is 0 Å². The molecule has 0 N–H and O–H groups in total. The summed E-state index contributed by atoms with van der Waals surface area (Å²) in [6.45, 7) is 3.55. The molecule has 2 heteroatoms. The zero-order chi connectivity index (χ0) is 6.57. The van der Waals surface area contributed by atoms with Gasteiger partial charge in [-0.3, -0.25) is 0 Å². The Morgan fingerprint density at radius 3 is 1.75 bits per heavy atom. The van der Waals surface area contributed by atoms with Gasteiger partial charge in [-0.25, -0.2) is 0 Å². The Hall–Kier alpha value is -0.580. The molecule has 0 unspecified atom stereocenters. The molecule has 0 saturated heterocycles. The van der Waals surface area contributed by atoms with Crippen LogP contribution in [0, 0.1) is 17.8 Å². The van der Waals surface area contributed by atoms with Crippen molar-refractivity contribution in [3.8, 4) is 11.8 Å². The average molecular weight is 118 g/mol. The lowest BCUT2D eigenvalue weighted by Gasteiger charge is -1.85. The van der Waals surface area contributed by atoms with Gasteiger partial charge in [-0.15, -0.1) is 0 Å². The van der Waals surface area contributed by atoms with Crippen molar-refractivity contribution in [1.29, 1.82) is 0 Å². The molecule has 8 heavy (non-hydrogen) atoms. The summed E-state index contributed by atoms with van der Waals surface area (Å²) >= 11 is 0. The summed E-state index contributed by atoms with van der Waals surface area (Å²) < 4.78 is 22.4. The van der Waals surface area contributed by atoms with Crippen LogP contribution in [0.4, 0.5) is 8.78 Å². The number of halogens is 2. The molecule has 0 bridgehead atoms. The Labute approximate surface area is 47.9 Å². The van der Waals surface area contributed by atoms with Crippen molar-refractivity contribution in [3.63, 3.8) is 0 Å². The maximum atomic E-state index is 11.2. The topological polar surface area (TPSA) is 0 Å². The lowest BCUT2D eigenvalue weighted by Crippen LogP contribution is -1.84. The second-order valence-corrected chi connectivity index (χ2v) is 1.74. The maximum Gasteiger partial charge on any atom is 0.298 e. The van der Waals surface area contributed by atoms with E-state index in [2.05, 4.69) is 5.92 Å². The zero-order valence-electron chi connectivity index (χ0n) is 4.91. The molecule has 0 radical (unpaired) electrons. The third kappa shape index (κ3) is 5.42. The highest BCUT2D eigenvalue weighted by molar-refractivity contribution is 5.03. The van der Waals surface area contributed by atoms with E-state index in [1.807, 2.05) is 0 Å². The minimum absolute atomic E-state index is 0.0454. The van der Waals surface area contributed by atoms with Crippen molar-refractivity contribution in [2.75, 3.05) is 0 Å². The summed E-state index contributed by atoms with van der Waals surface area (Å²) in [5.41, 5.74) is 0. The van der Waals surface area contributed by atoms with Crippen molar-refractivity contribution in [2.45, 2.75) is 20.3 Å². The van der Waals surface area contributed by atoms with E-state index in [0.29, 0.717) is 0 Å². The molecule has 0 aliphatic rings. The Balaban J connectivity index is 3.50. The van der Waals surface area contributed by atoms with Crippen molar-refractivity contribution in [3.05, 3.63) is 0 Å². The van der Waals surface area contributed by atoms with Gasteiger partial charge in [-0.2, -0.15) is 8.78 Å². The van der Waals surface area contributed by atoms with Gasteiger partial charge in [0.15, 0.2) is 0 Å². The average Bonchev–Trinajstić information content (AvgIpc) is 1.61. The molecule has 0 heterocycles. The molecule has 0 amide bonds. The van der Waals surface area contributed by atoms with Gasteiger partial charge in [-0.05, 0) is 5.92 Å². The molecule has 46 valence electrons. The summed E-state index contributed by atoms with van der Waals surface area (Å²) in [5, 5.41) is 0. The van der Waals surface area contributed by atoms with Crippen LogP contribution >= 0.6 is 0 Å². The minimum Gasteiger partial charge on any atom is -0.196 e. The van der Waals surface area contributed by atoms with Gasteiger partial charge >= 0.3 is 0 Å². The van der Waals surface area contributed by atoms with Gasteiger partial charge in [0.2, 0.25) is 0 Å². The molecular weight excluding hydrogens is 110 g/mol. The first kappa shape index (κ1) is 7.42. The number of rotatable bonds is 0. The van der Waals surface area contributed by atoms with Crippen LogP contribution in [0.3, 0.4) is 0 Å². The normalized spacial score (nSPS) is 9.25. The summed E-state index contributed by atoms with van der Waals surface area (Å²) in [7, 11) is 0. The molecule has 0 aliphatic heterocycles. The van der Waals surface area contributed by atoms with E-state index in [4.69, 9.17) is 0 Å². The SMILES string of the molecule is CC(C)C#CC(F)F. The van der Waals surface area contributed by atoms with Crippen LogP contribution in [-0.2, 0) is 0 Å². The number of hydrogen-bond donors (Lipinski definition) is 0. The highest BCUT2D eigenvalue weighted by Gasteiger charge is 1.91. The first-order chi connectivity index (χ1) is 3.63. The first-order valence-electron chi connectivity index (χ1n) is 2.42. The van der Waals surface area contributed by atoms with Gasteiger partial charge in [0.05, 0.1) is 0 Å². The molecule has 0 saturated carbocycles. The quantitative estimate of drug-likeness (QED) is 0.426. The van der Waals surface area contributed by atoms with E-state index < -0.39 is 6.43 Å². The second-order valence-electron chi connectivity index (χ2n) is 1.74. The summed E-state index contributed by atoms with van der Waals surface area (Å²) in [5.74, 6) is 4.15. The van der Waals surface area contributed by atoms with Crippen molar-refractivity contribution in [1.82, 2.24) is 0 Å². The molecule has 0 fully saturated rings. The largest absolute Gasteiger partial charge is 0.298 e. The minimum atomic E-state index is -2.47. The molecule has 0 nitrogen and oxygen atoms in total. The van der Waals surface area contributed by atoms with Gasteiger partial charge in [-0.1, -0.05) is 19.8 Å². The van der Waals surface area contributed by atoms with Gasteiger partial charge in [0.1, 0.15) is 0 Å². The van der Waals surface area contributed by atoms with E-state index in [0.717, 1.165) is 0 Å². The van der Waals surface area contributed by atoms with Crippen LogP contribution in [0.2, 0.25) is 0 Å². The smallest absolute Gasteiger partial charge is 0.196 e. The lowest BCUT2D eigenvalue weighted by atomic mass is 10.2. The lowest BCUT2D eigenvalue weighted by molar-refractivity contribution is 0.215. The van der Waals surface area contributed by atoms with Gasteiger partial charge in [0, 0.05) is 5.92 Å². The molecule has 0 aromatic rings. The molecule has 0 aromatic heterocycles. The van der Waals surface area contributed by atoms with Crippen LogP contribution in [0.15, 0.2) is 0 Å². The highest BCUT2D eigenvalue weighted by Crippen LogP contribution is 1.90. The third-order valence-corrected chi connectivity index (χ3v) is 0.481. The van der Waals surface area contributed by atoms with Crippen LogP contribution in [0.5, 0.6) is 0 Å². The number of alkyl halides is 2. The predicted molar refractivity (Wildman–Crippen MR) is 28.6 cm³/mol. The van der Waals surface area contributed by atoms with Crippen LogP contribution in [-0.4, -0.2) is 6.43 Å². The second kappa shape index (κ2) is 3.43. The van der Waals surface area contributed by atoms with E-state index >= 15 is 0 Å². The van der Waals surface area contributed by atoms with Crippen molar-refractivity contribution >= 4 is 0 Å². The van der Waals surface area contributed by atoms with Gasteiger partial charge in [0.25, 0.3) is 6.43 Å². The molecule has 0 aromatic carbocycles. The molecule has 0 aliphatic carbocycles. The third-order valence-electron chi connectivity index (χ3n) is 0.481. The van der Waals surface area contributed by atoms with Gasteiger partial charge < -0.3 is 0 Å². The summed E-state index contributed by atoms with van der Waals surface area (Å²) in [6, 6.07) is 0. The summed E-state index contributed by atoms with van der Waals surface area (Å²) in [6.07, 6.45) is -2.47. The molecular formula is C6H8F2. The molecule has 0 spiro atoms. The van der Waals surface area contributed by atoms with Crippen molar-refractivity contribution < 1.29 is 8.78 Å². The molecule has 0 atom stereocenters.